The smallest absolute Gasteiger partial charge is 0.164 e. The lowest BCUT2D eigenvalue weighted by Gasteiger charge is -2.23. The van der Waals surface area contributed by atoms with Gasteiger partial charge in [0.15, 0.2) is 17.5 Å². The Labute approximate surface area is 305 Å². The third kappa shape index (κ3) is 4.54. The summed E-state index contributed by atoms with van der Waals surface area (Å²) in [6, 6.07) is 52.5. The molecule has 250 valence electrons. The van der Waals surface area contributed by atoms with Gasteiger partial charge < -0.3 is 8.83 Å². The van der Waals surface area contributed by atoms with Crippen LogP contribution < -0.4 is 0 Å². The van der Waals surface area contributed by atoms with Gasteiger partial charge in [0.1, 0.15) is 22.3 Å². The molecule has 0 fully saturated rings. The summed E-state index contributed by atoms with van der Waals surface area (Å²) in [6.45, 7) is 4.67. The molecule has 7 aromatic carbocycles. The van der Waals surface area contributed by atoms with Gasteiger partial charge >= 0.3 is 0 Å². The summed E-state index contributed by atoms with van der Waals surface area (Å²) in [7, 11) is 0. The summed E-state index contributed by atoms with van der Waals surface area (Å²) in [5.41, 5.74) is 13.4. The second-order valence-electron chi connectivity index (χ2n) is 14.4. The molecular formula is C48H31N3O2. The summed E-state index contributed by atoms with van der Waals surface area (Å²) in [5, 5.41) is 4.53. The highest BCUT2D eigenvalue weighted by molar-refractivity contribution is 6.11. The minimum atomic E-state index is -0.223. The molecule has 0 saturated heterocycles. The quantitative estimate of drug-likeness (QED) is 0.185. The van der Waals surface area contributed by atoms with Crippen molar-refractivity contribution in [3.05, 3.63) is 163 Å². The van der Waals surface area contributed by atoms with Crippen LogP contribution in [0.2, 0.25) is 0 Å². The highest BCUT2D eigenvalue weighted by atomic mass is 16.3. The zero-order valence-corrected chi connectivity index (χ0v) is 29.1. The van der Waals surface area contributed by atoms with Crippen molar-refractivity contribution in [3.8, 4) is 56.4 Å². The number of benzene rings is 7. The standard InChI is InChI=1S/C48H31N3O2/c1-48(2)38-26-30(19-21-33(38)36-23-24-41-43(44(36)48)37-16-7-9-18-40(37)52-41)29-13-10-14-31(25-29)46-49-45(28-11-4-3-5-12-28)50-47(51-46)32-20-22-35-34-15-6-8-17-39(34)53-42(35)27-32/h3-27H,1-2H3. The monoisotopic (exact) mass is 681 g/mol. The fourth-order valence-corrected chi connectivity index (χ4v) is 8.35. The molecule has 5 heteroatoms. The number of para-hydroxylation sites is 2. The maximum Gasteiger partial charge on any atom is 0.164 e. The Morgan fingerprint density at radius 3 is 1.77 bits per heavy atom. The van der Waals surface area contributed by atoms with Gasteiger partial charge in [-0.05, 0) is 75.8 Å². The molecule has 0 spiro atoms. The third-order valence-electron chi connectivity index (χ3n) is 10.9. The molecule has 0 bridgehead atoms. The molecule has 0 radical (unpaired) electrons. The van der Waals surface area contributed by atoms with Crippen molar-refractivity contribution in [3.63, 3.8) is 0 Å². The fourth-order valence-electron chi connectivity index (χ4n) is 8.35. The first-order chi connectivity index (χ1) is 26.0. The molecule has 0 amide bonds. The summed E-state index contributed by atoms with van der Waals surface area (Å²) in [6.07, 6.45) is 0. The topological polar surface area (TPSA) is 65.0 Å². The van der Waals surface area contributed by atoms with E-state index in [2.05, 4.69) is 105 Å². The van der Waals surface area contributed by atoms with E-state index in [-0.39, 0.29) is 5.41 Å². The lowest BCUT2D eigenvalue weighted by atomic mass is 9.80. The van der Waals surface area contributed by atoms with Crippen LogP contribution in [0.4, 0.5) is 0 Å². The summed E-state index contributed by atoms with van der Waals surface area (Å²) in [4.78, 5) is 15.1. The van der Waals surface area contributed by atoms with Crippen LogP contribution in [0.1, 0.15) is 25.0 Å². The number of fused-ring (bicyclic) bond motifs is 10. The second-order valence-corrected chi connectivity index (χ2v) is 14.4. The van der Waals surface area contributed by atoms with E-state index >= 15 is 0 Å². The van der Waals surface area contributed by atoms with Crippen LogP contribution in [0.15, 0.2) is 160 Å². The van der Waals surface area contributed by atoms with E-state index < -0.39 is 0 Å². The fraction of sp³-hybridized carbons (Fsp3) is 0.0625. The van der Waals surface area contributed by atoms with Crippen LogP contribution in [-0.4, -0.2) is 15.0 Å². The van der Waals surface area contributed by atoms with E-state index in [1.54, 1.807) is 0 Å². The second kappa shape index (κ2) is 11.1. The minimum absolute atomic E-state index is 0.223. The molecule has 5 nitrogen and oxygen atoms in total. The molecule has 1 aliphatic carbocycles. The van der Waals surface area contributed by atoms with E-state index in [0.717, 1.165) is 66.3 Å². The van der Waals surface area contributed by atoms with Gasteiger partial charge in [0.2, 0.25) is 0 Å². The van der Waals surface area contributed by atoms with Crippen LogP contribution >= 0.6 is 0 Å². The van der Waals surface area contributed by atoms with Crippen molar-refractivity contribution in [2.75, 3.05) is 0 Å². The van der Waals surface area contributed by atoms with Gasteiger partial charge in [0.05, 0.1) is 0 Å². The first kappa shape index (κ1) is 29.8. The van der Waals surface area contributed by atoms with E-state index in [0.29, 0.717) is 17.5 Å². The van der Waals surface area contributed by atoms with E-state index in [1.807, 2.05) is 60.7 Å². The molecule has 10 aromatic rings. The van der Waals surface area contributed by atoms with Crippen LogP contribution in [0.25, 0.3) is 100 Å². The predicted molar refractivity (Wildman–Crippen MR) is 214 cm³/mol. The molecule has 53 heavy (non-hydrogen) atoms. The average molecular weight is 682 g/mol. The number of hydrogen-bond acceptors (Lipinski definition) is 5. The van der Waals surface area contributed by atoms with Crippen molar-refractivity contribution < 1.29 is 8.83 Å². The number of aromatic nitrogens is 3. The number of furan rings is 2. The number of nitrogens with zero attached hydrogens (tertiary/aromatic N) is 3. The Hall–Kier alpha value is -6.85. The summed E-state index contributed by atoms with van der Waals surface area (Å²) < 4.78 is 12.5. The normalized spacial score (nSPS) is 13.2. The van der Waals surface area contributed by atoms with Crippen LogP contribution in [0.5, 0.6) is 0 Å². The number of rotatable bonds is 4. The lowest BCUT2D eigenvalue weighted by molar-refractivity contribution is 0.657. The van der Waals surface area contributed by atoms with Crippen LogP contribution in [-0.2, 0) is 5.41 Å². The Bertz CT molecular complexity index is 3100. The largest absolute Gasteiger partial charge is 0.456 e. The maximum atomic E-state index is 6.30. The van der Waals surface area contributed by atoms with E-state index in [4.69, 9.17) is 23.8 Å². The molecule has 3 aromatic heterocycles. The van der Waals surface area contributed by atoms with Gasteiger partial charge in [0, 0.05) is 43.7 Å². The van der Waals surface area contributed by atoms with Gasteiger partial charge in [-0.2, -0.15) is 0 Å². The molecule has 0 atom stereocenters. The SMILES string of the molecule is CC1(C)c2cc(-c3cccc(-c4nc(-c5ccccc5)nc(-c5ccc6c(c5)oc5ccccc56)n4)c3)ccc2-c2ccc3oc4ccccc4c3c21. The molecule has 0 N–H and O–H groups in total. The zero-order valence-electron chi connectivity index (χ0n) is 29.1. The molecule has 3 heterocycles. The highest BCUT2D eigenvalue weighted by Gasteiger charge is 2.38. The molecule has 1 aliphatic rings. The predicted octanol–water partition coefficient (Wildman–Crippen LogP) is 12.6. The van der Waals surface area contributed by atoms with Gasteiger partial charge in [0.25, 0.3) is 0 Å². The number of hydrogen-bond donors (Lipinski definition) is 0. The van der Waals surface area contributed by atoms with Gasteiger partial charge in [-0.25, -0.2) is 15.0 Å². The Morgan fingerprint density at radius 1 is 0.396 bits per heavy atom. The van der Waals surface area contributed by atoms with E-state index in [1.165, 1.54) is 27.6 Å². The van der Waals surface area contributed by atoms with Gasteiger partial charge in [-0.15, -0.1) is 0 Å². The van der Waals surface area contributed by atoms with Crippen LogP contribution in [0, 0.1) is 0 Å². The Kier molecular flexibility index (Phi) is 6.23. The van der Waals surface area contributed by atoms with Gasteiger partial charge in [-0.3, -0.25) is 0 Å². The average Bonchev–Trinajstić information content (AvgIpc) is 3.85. The summed E-state index contributed by atoms with van der Waals surface area (Å²) in [5.74, 6) is 1.83. The van der Waals surface area contributed by atoms with Crippen LogP contribution in [0.3, 0.4) is 0 Å². The first-order valence-electron chi connectivity index (χ1n) is 17.9. The maximum absolute atomic E-state index is 6.30. The Morgan fingerprint density at radius 2 is 0.962 bits per heavy atom. The highest BCUT2D eigenvalue weighted by Crippen LogP contribution is 2.53. The van der Waals surface area contributed by atoms with Gasteiger partial charge in [-0.1, -0.05) is 123 Å². The van der Waals surface area contributed by atoms with Crippen molar-refractivity contribution in [1.82, 2.24) is 15.0 Å². The lowest BCUT2D eigenvalue weighted by Crippen LogP contribution is -2.15. The third-order valence-corrected chi connectivity index (χ3v) is 10.9. The molecule has 0 saturated carbocycles. The molecule has 11 rings (SSSR count). The Balaban J connectivity index is 1.02. The van der Waals surface area contributed by atoms with E-state index in [9.17, 15) is 0 Å². The first-order valence-corrected chi connectivity index (χ1v) is 17.9. The van der Waals surface area contributed by atoms with Crippen molar-refractivity contribution >= 4 is 43.9 Å². The summed E-state index contributed by atoms with van der Waals surface area (Å²) >= 11 is 0. The molecule has 0 unspecified atom stereocenters. The molecule has 0 aliphatic heterocycles. The van der Waals surface area contributed by atoms with Crippen molar-refractivity contribution in [1.29, 1.82) is 0 Å². The van der Waals surface area contributed by atoms with Crippen molar-refractivity contribution in [2.45, 2.75) is 19.3 Å². The zero-order chi connectivity index (χ0) is 35.3. The van der Waals surface area contributed by atoms with Crippen molar-refractivity contribution in [2.24, 2.45) is 0 Å². The minimum Gasteiger partial charge on any atom is -0.456 e. The molecular weight excluding hydrogens is 651 g/mol.